The summed E-state index contributed by atoms with van der Waals surface area (Å²) in [6.07, 6.45) is 4.44. The topological polar surface area (TPSA) is 127 Å². The maximum absolute atomic E-state index is 10.7. The van der Waals surface area contributed by atoms with Crippen LogP contribution in [0.15, 0.2) is 53.7 Å². The van der Waals surface area contributed by atoms with E-state index in [0.29, 0.717) is 17.2 Å². The number of pyridine rings is 1. The Morgan fingerprint density at radius 1 is 1.27 bits per heavy atom. The zero-order chi connectivity index (χ0) is 21.8. The zero-order valence-corrected chi connectivity index (χ0v) is 16.6. The first-order valence-electron chi connectivity index (χ1n) is 8.92. The van der Waals surface area contributed by atoms with Gasteiger partial charge in [-0.3, -0.25) is 5.32 Å². The molecule has 0 aliphatic carbocycles. The molecule has 1 aromatic carbocycles. The highest BCUT2D eigenvalue weighted by molar-refractivity contribution is 6.10. The molecule has 2 heterocycles. The lowest BCUT2D eigenvalue weighted by Gasteiger charge is -2.06. The number of carboxylic acid groups (broad SMARTS) is 1. The summed E-state index contributed by atoms with van der Waals surface area (Å²) in [5.74, 6) is 3.09. The van der Waals surface area contributed by atoms with Crippen LogP contribution >= 0.6 is 0 Å². The second-order valence-electron chi connectivity index (χ2n) is 5.71. The highest BCUT2D eigenvalue weighted by Gasteiger charge is 2.14. The van der Waals surface area contributed by atoms with Gasteiger partial charge in [0.05, 0.1) is 5.69 Å². The smallest absolute Gasteiger partial charge is 0.410 e. The second kappa shape index (κ2) is 11.6. The number of oxime groups is 1. The van der Waals surface area contributed by atoms with Gasteiger partial charge in [0.25, 0.3) is 0 Å². The molecule has 0 atom stereocenters. The van der Waals surface area contributed by atoms with Crippen LogP contribution in [0.3, 0.4) is 0 Å². The first-order valence-corrected chi connectivity index (χ1v) is 8.92. The average Bonchev–Trinajstić information content (AvgIpc) is 3.17. The van der Waals surface area contributed by atoms with Crippen LogP contribution in [-0.2, 0) is 18.5 Å². The van der Waals surface area contributed by atoms with Crippen molar-refractivity contribution >= 4 is 17.6 Å². The predicted octanol–water partition coefficient (Wildman–Crippen LogP) is 2.69. The molecule has 10 nitrogen and oxygen atoms in total. The number of carbonyl (C=O) groups is 1. The van der Waals surface area contributed by atoms with Gasteiger partial charge >= 0.3 is 6.09 Å². The fourth-order valence-electron chi connectivity index (χ4n) is 2.15. The molecule has 2 aromatic heterocycles. The van der Waals surface area contributed by atoms with E-state index in [1.165, 1.54) is 4.68 Å². The number of terminal acetylenes is 1. The van der Waals surface area contributed by atoms with E-state index in [2.05, 4.69) is 36.9 Å². The monoisotopic (exact) mass is 407 g/mol. The number of aryl methyl sites for hydroxylation is 1. The molecule has 3 rings (SSSR count). The Labute approximate surface area is 173 Å². The minimum Gasteiger partial charge on any atom is -0.465 e. The fourth-order valence-corrected chi connectivity index (χ4v) is 2.15. The van der Waals surface area contributed by atoms with Gasteiger partial charge in [-0.1, -0.05) is 48.5 Å². The number of aromatic nitrogens is 5. The molecule has 2 N–H and O–H groups in total. The maximum Gasteiger partial charge on any atom is 0.410 e. The van der Waals surface area contributed by atoms with Gasteiger partial charge in [-0.2, -0.15) is 0 Å². The molecule has 0 saturated heterocycles. The van der Waals surface area contributed by atoms with Crippen LogP contribution in [0.4, 0.5) is 10.6 Å². The van der Waals surface area contributed by atoms with Crippen molar-refractivity contribution < 1.29 is 14.7 Å². The Hall–Kier alpha value is -4.26. The van der Waals surface area contributed by atoms with Gasteiger partial charge in [0.2, 0.25) is 5.82 Å². The maximum atomic E-state index is 10.7. The molecule has 0 fully saturated rings. The minimum absolute atomic E-state index is 0.0523. The van der Waals surface area contributed by atoms with E-state index in [4.69, 9.17) is 16.4 Å². The number of anilines is 1. The van der Waals surface area contributed by atoms with Crippen molar-refractivity contribution in [1.82, 2.24) is 25.2 Å². The summed E-state index contributed by atoms with van der Waals surface area (Å²) >= 11 is 0. The largest absolute Gasteiger partial charge is 0.465 e. The Balaban J connectivity index is 0.000000735. The molecule has 0 bridgehead atoms. The SMILES string of the molecule is C#CCC.Cn1nnnc1/C(=N\OCc1cccc(NC(=O)O)n1)c1ccccc1. The summed E-state index contributed by atoms with van der Waals surface area (Å²) in [5.41, 5.74) is 1.78. The summed E-state index contributed by atoms with van der Waals surface area (Å²) in [4.78, 5) is 20.2. The van der Waals surface area contributed by atoms with Crippen LogP contribution in [0, 0.1) is 12.3 Å². The molecule has 0 aliphatic rings. The third-order valence-electron chi connectivity index (χ3n) is 3.49. The number of hydrogen-bond donors (Lipinski definition) is 2. The lowest BCUT2D eigenvalue weighted by molar-refractivity contribution is 0.128. The molecular formula is C20H21N7O3. The van der Waals surface area contributed by atoms with Gasteiger partial charge < -0.3 is 9.94 Å². The third kappa shape index (κ3) is 6.72. The van der Waals surface area contributed by atoms with E-state index in [1.54, 1.807) is 25.2 Å². The summed E-state index contributed by atoms with van der Waals surface area (Å²) < 4.78 is 1.49. The van der Waals surface area contributed by atoms with Crippen LogP contribution in [0.5, 0.6) is 0 Å². The Kier molecular flexibility index (Phi) is 8.49. The Bertz CT molecular complexity index is 1030. The first-order chi connectivity index (χ1) is 14.5. The van der Waals surface area contributed by atoms with E-state index in [1.807, 2.05) is 37.3 Å². The van der Waals surface area contributed by atoms with Gasteiger partial charge in [-0.15, -0.1) is 17.4 Å². The van der Waals surface area contributed by atoms with Crippen molar-refractivity contribution in [3.8, 4) is 12.3 Å². The Morgan fingerprint density at radius 3 is 2.60 bits per heavy atom. The molecule has 0 unspecified atom stereocenters. The molecule has 0 aliphatic heterocycles. The second-order valence-corrected chi connectivity index (χ2v) is 5.71. The zero-order valence-electron chi connectivity index (χ0n) is 16.6. The van der Waals surface area contributed by atoms with Crippen molar-refractivity contribution in [2.45, 2.75) is 20.0 Å². The molecule has 0 spiro atoms. The van der Waals surface area contributed by atoms with E-state index in [9.17, 15) is 4.79 Å². The third-order valence-corrected chi connectivity index (χ3v) is 3.49. The lowest BCUT2D eigenvalue weighted by atomic mass is 10.1. The van der Waals surface area contributed by atoms with Crippen LogP contribution in [0.2, 0.25) is 0 Å². The fraction of sp³-hybridized carbons (Fsp3) is 0.200. The van der Waals surface area contributed by atoms with Gasteiger partial charge in [-0.05, 0) is 22.6 Å². The predicted molar refractivity (Wildman–Crippen MR) is 111 cm³/mol. The number of tetrazole rings is 1. The summed E-state index contributed by atoms with van der Waals surface area (Å²) in [5, 5.41) is 26.5. The van der Waals surface area contributed by atoms with Gasteiger partial charge in [-0.25, -0.2) is 14.5 Å². The molecule has 30 heavy (non-hydrogen) atoms. The van der Waals surface area contributed by atoms with Gasteiger partial charge in [0, 0.05) is 19.0 Å². The summed E-state index contributed by atoms with van der Waals surface area (Å²) in [6.45, 7) is 2.00. The minimum atomic E-state index is -1.19. The van der Waals surface area contributed by atoms with Crippen LogP contribution in [0.1, 0.15) is 30.4 Å². The number of benzene rings is 1. The van der Waals surface area contributed by atoms with Crippen LogP contribution in [-0.4, -0.2) is 42.1 Å². The van der Waals surface area contributed by atoms with Crippen molar-refractivity contribution in [2.24, 2.45) is 12.2 Å². The number of hydrogen-bond acceptors (Lipinski definition) is 7. The van der Waals surface area contributed by atoms with Crippen molar-refractivity contribution in [3.05, 3.63) is 65.6 Å². The molecule has 3 aromatic rings. The molecule has 10 heteroatoms. The normalized spacial score (nSPS) is 10.4. The number of amides is 1. The number of rotatable bonds is 6. The van der Waals surface area contributed by atoms with E-state index in [0.717, 1.165) is 12.0 Å². The summed E-state index contributed by atoms with van der Waals surface area (Å²) in [6, 6.07) is 14.3. The standard InChI is InChI=1S/C16H15N7O3.C4H6/c1-23-15(19-21-22-23)14(11-6-3-2-4-7-11)20-26-10-12-8-5-9-13(17-12)18-16(24)25;1-3-4-2/h2-9H,10H2,1H3,(H,17,18)(H,24,25);1H,4H2,2H3/b20-14-;. The number of nitrogens with zero attached hydrogens (tertiary/aromatic N) is 6. The van der Waals surface area contributed by atoms with E-state index >= 15 is 0 Å². The van der Waals surface area contributed by atoms with Crippen molar-refractivity contribution in [3.63, 3.8) is 0 Å². The summed E-state index contributed by atoms with van der Waals surface area (Å²) in [7, 11) is 1.70. The van der Waals surface area contributed by atoms with Crippen molar-refractivity contribution in [1.29, 1.82) is 0 Å². The van der Waals surface area contributed by atoms with Crippen LogP contribution in [0.25, 0.3) is 0 Å². The van der Waals surface area contributed by atoms with Gasteiger partial charge in [0.1, 0.15) is 5.82 Å². The molecule has 154 valence electrons. The lowest BCUT2D eigenvalue weighted by Crippen LogP contribution is -2.12. The van der Waals surface area contributed by atoms with Gasteiger partial charge in [0.15, 0.2) is 12.3 Å². The highest BCUT2D eigenvalue weighted by atomic mass is 16.6. The molecule has 0 saturated carbocycles. The first kappa shape index (κ1) is 22.0. The number of nitrogens with one attached hydrogen (secondary N) is 1. The van der Waals surface area contributed by atoms with Crippen LogP contribution < -0.4 is 5.32 Å². The Morgan fingerprint density at radius 2 is 2.00 bits per heavy atom. The average molecular weight is 407 g/mol. The van der Waals surface area contributed by atoms with E-state index in [-0.39, 0.29) is 12.4 Å². The molecular weight excluding hydrogens is 386 g/mol. The molecule has 1 amide bonds. The highest BCUT2D eigenvalue weighted by Crippen LogP contribution is 2.10. The van der Waals surface area contributed by atoms with E-state index < -0.39 is 6.09 Å². The molecule has 0 radical (unpaired) electrons. The quantitative estimate of drug-likeness (QED) is 0.365. The van der Waals surface area contributed by atoms with Crippen molar-refractivity contribution in [2.75, 3.05) is 5.32 Å².